The van der Waals surface area contributed by atoms with E-state index in [1.807, 2.05) is 30.0 Å². The van der Waals surface area contributed by atoms with Gasteiger partial charge in [-0.1, -0.05) is 0 Å². The van der Waals surface area contributed by atoms with Gasteiger partial charge < -0.3 is 10.4 Å². The van der Waals surface area contributed by atoms with Crippen molar-refractivity contribution >= 4 is 52.6 Å². The summed E-state index contributed by atoms with van der Waals surface area (Å²) in [5.74, 6) is -1.22. The molecule has 2 N–H and O–H groups in total. The quantitative estimate of drug-likeness (QED) is 0.728. The second-order valence-corrected chi connectivity index (χ2v) is 6.31. The van der Waals surface area contributed by atoms with Crippen LogP contribution in [0.3, 0.4) is 0 Å². The van der Waals surface area contributed by atoms with Gasteiger partial charge in [0.05, 0.1) is 12.5 Å². The molecule has 1 atom stereocenters. The Morgan fingerprint density at radius 1 is 1.48 bits per heavy atom. The highest BCUT2D eigenvalue weighted by molar-refractivity contribution is 14.1. The maximum absolute atomic E-state index is 12.0. The van der Waals surface area contributed by atoms with E-state index in [0.717, 1.165) is 14.8 Å². The lowest BCUT2D eigenvalue weighted by molar-refractivity contribution is -0.141. The summed E-state index contributed by atoms with van der Waals surface area (Å²) in [7, 11) is 0. The molecule has 1 heterocycles. The van der Waals surface area contributed by atoms with Crippen molar-refractivity contribution in [2.45, 2.75) is 13.3 Å². The van der Waals surface area contributed by atoms with Crippen molar-refractivity contribution in [2.24, 2.45) is 5.92 Å². The van der Waals surface area contributed by atoms with E-state index in [4.69, 9.17) is 5.11 Å². The molecule has 1 aliphatic rings. The monoisotopic (exact) mass is 424 g/mol. The smallest absolute Gasteiger partial charge is 0.307 e. The fraction of sp³-hybridized carbons (Fsp3) is 0.429. The maximum atomic E-state index is 12.0. The Hall–Kier alpha value is -0.860. The largest absolute Gasteiger partial charge is 0.481 e. The number of hydrogen-bond acceptors (Lipinski definition) is 3. The second kappa shape index (κ2) is 7.95. The van der Waals surface area contributed by atoms with Crippen LogP contribution >= 0.6 is 35.0 Å². The van der Waals surface area contributed by atoms with E-state index >= 15 is 0 Å². The molecule has 0 saturated carbocycles. The highest BCUT2D eigenvalue weighted by atomic mass is 127. The van der Waals surface area contributed by atoms with E-state index in [1.165, 1.54) is 0 Å². The van der Waals surface area contributed by atoms with Gasteiger partial charge in [-0.25, -0.2) is 0 Å². The number of carbonyl (C=O) groups excluding carboxylic acids is 1. The Morgan fingerprint density at radius 2 is 2.19 bits per heavy atom. The minimum absolute atomic E-state index is 0. The first-order valence-corrected chi connectivity index (χ1v) is 7.55. The minimum Gasteiger partial charge on any atom is -0.481 e. The Labute approximate surface area is 143 Å². The number of amides is 1. The molecule has 0 aliphatic carbocycles. The molecule has 0 spiro atoms. The summed E-state index contributed by atoms with van der Waals surface area (Å²) in [6, 6.07) is 5.84. The number of benzene rings is 1. The van der Waals surface area contributed by atoms with E-state index in [2.05, 4.69) is 27.9 Å². The average Bonchev–Trinajstić information content (AvgIpc) is 2.81. The number of anilines is 1. The standard InChI is InChI=1S/C14H17IN2O3.ClH/c1-9-6-11(15)2-3-12(9)16-13(18)8-17-5-4-10(7-17)14(19)20;/h2-3,6,10H,4-5,7-8H2,1H3,(H,16,18)(H,19,20);1H. The summed E-state index contributed by atoms with van der Waals surface area (Å²) in [5.41, 5.74) is 1.83. The third-order valence-electron chi connectivity index (χ3n) is 3.45. The molecule has 0 radical (unpaired) electrons. The zero-order valence-corrected chi connectivity index (χ0v) is 14.6. The summed E-state index contributed by atoms with van der Waals surface area (Å²) in [4.78, 5) is 24.7. The van der Waals surface area contributed by atoms with Crippen LogP contribution in [0.4, 0.5) is 5.69 Å². The second-order valence-electron chi connectivity index (χ2n) is 5.07. The molecular weight excluding hydrogens is 407 g/mol. The highest BCUT2D eigenvalue weighted by Crippen LogP contribution is 2.19. The lowest BCUT2D eigenvalue weighted by Gasteiger charge is -2.15. The van der Waals surface area contributed by atoms with Crippen molar-refractivity contribution in [3.63, 3.8) is 0 Å². The van der Waals surface area contributed by atoms with Crippen molar-refractivity contribution in [3.8, 4) is 0 Å². The molecule has 5 nitrogen and oxygen atoms in total. The highest BCUT2D eigenvalue weighted by Gasteiger charge is 2.28. The van der Waals surface area contributed by atoms with Gasteiger partial charge in [0, 0.05) is 15.8 Å². The van der Waals surface area contributed by atoms with Crippen LogP contribution in [0.25, 0.3) is 0 Å². The number of nitrogens with zero attached hydrogens (tertiary/aromatic N) is 1. The zero-order chi connectivity index (χ0) is 14.7. The van der Waals surface area contributed by atoms with Gasteiger partial charge in [0.1, 0.15) is 0 Å². The van der Waals surface area contributed by atoms with Gasteiger partial charge in [-0.2, -0.15) is 0 Å². The van der Waals surface area contributed by atoms with E-state index in [9.17, 15) is 9.59 Å². The number of carboxylic acids is 1. The molecule has 2 rings (SSSR count). The fourth-order valence-electron chi connectivity index (χ4n) is 2.34. The molecule has 21 heavy (non-hydrogen) atoms. The first kappa shape index (κ1) is 18.2. The predicted molar refractivity (Wildman–Crippen MR) is 92.0 cm³/mol. The van der Waals surface area contributed by atoms with Crippen molar-refractivity contribution in [2.75, 3.05) is 25.0 Å². The fourth-order valence-corrected chi connectivity index (χ4v) is 2.98. The molecule has 1 fully saturated rings. The van der Waals surface area contributed by atoms with Crippen LogP contribution in [0.1, 0.15) is 12.0 Å². The number of hydrogen-bond donors (Lipinski definition) is 2. The molecule has 7 heteroatoms. The Balaban J connectivity index is 0.00000220. The third kappa shape index (κ3) is 5.12. The normalized spacial score (nSPS) is 18.1. The first-order valence-electron chi connectivity index (χ1n) is 6.47. The summed E-state index contributed by atoms with van der Waals surface area (Å²) in [6.45, 7) is 3.31. The number of likely N-dealkylation sites (tertiary alicyclic amines) is 1. The van der Waals surface area contributed by atoms with Crippen LogP contribution in [0.15, 0.2) is 18.2 Å². The Morgan fingerprint density at radius 3 is 2.76 bits per heavy atom. The average molecular weight is 425 g/mol. The number of aliphatic carboxylic acids is 1. The molecule has 1 saturated heterocycles. The van der Waals surface area contributed by atoms with Gasteiger partial charge in [0.15, 0.2) is 0 Å². The van der Waals surface area contributed by atoms with Gasteiger partial charge in [-0.3, -0.25) is 14.5 Å². The van der Waals surface area contributed by atoms with Crippen LogP contribution in [0.2, 0.25) is 0 Å². The predicted octanol–water partition coefficient (Wildman–Crippen LogP) is 2.37. The summed E-state index contributed by atoms with van der Waals surface area (Å²) < 4.78 is 1.13. The molecule has 1 unspecified atom stereocenters. The summed E-state index contributed by atoms with van der Waals surface area (Å²) >= 11 is 2.23. The van der Waals surface area contributed by atoms with Crippen molar-refractivity contribution in [1.29, 1.82) is 0 Å². The van der Waals surface area contributed by atoms with Crippen molar-refractivity contribution in [1.82, 2.24) is 4.90 Å². The van der Waals surface area contributed by atoms with Crippen molar-refractivity contribution in [3.05, 3.63) is 27.3 Å². The van der Waals surface area contributed by atoms with Crippen LogP contribution < -0.4 is 5.32 Å². The molecule has 1 aromatic carbocycles. The number of carbonyl (C=O) groups is 2. The number of nitrogens with one attached hydrogen (secondary N) is 1. The Kier molecular flexibility index (Phi) is 6.89. The Bertz CT molecular complexity index is 539. The lowest BCUT2D eigenvalue weighted by Crippen LogP contribution is -2.32. The third-order valence-corrected chi connectivity index (χ3v) is 4.12. The van der Waals surface area contributed by atoms with Gasteiger partial charge >= 0.3 is 5.97 Å². The SMILES string of the molecule is Cc1cc(I)ccc1NC(=O)CN1CCC(C(=O)O)C1.Cl. The number of aryl methyl sites for hydroxylation is 1. The van der Waals surface area contributed by atoms with E-state index in [1.54, 1.807) is 0 Å². The maximum Gasteiger partial charge on any atom is 0.307 e. The molecule has 1 aromatic rings. The van der Waals surface area contributed by atoms with E-state index < -0.39 is 5.97 Å². The van der Waals surface area contributed by atoms with E-state index in [-0.39, 0.29) is 30.8 Å². The van der Waals surface area contributed by atoms with Crippen LogP contribution in [0.5, 0.6) is 0 Å². The van der Waals surface area contributed by atoms with Crippen LogP contribution in [0, 0.1) is 16.4 Å². The van der Waals surface area contributed by atoms with Gasteiger partial charge in [0.25, 0.3) is 0 Å². The van der Waals surface area contributed by atoms with Gasteiger partial charge in [-0.15, -0.1) is 12.4 Å². The first-order chi connectivity index (χ1) is 9.45. The van der Waals surface area contributed by atoms with Gasteiger partial charge in [0.2, 0.25) is 5.91 Å². The molecule has 1 amide bonds. The van der Waals surface area contributed by atoms with Gasteiger partial charge in [-0.05, 0) is 66.2 Å². The topological polar surface area (TPSA) is 69.6 Å². The van der Waals surface area contributed by atoms with Crippen LogP contribution in [-0.2, 0) is 9.59 Å². The molecular formula is C14H18ClIN2O3. The summed E-state index contributed by atoms with van der Waals surface area (Å²) in [6.07, 6.45) is 0.616. The molecule has 0 aromatic heterocycles. The molecule has 116 valence electrons. The van der Waals surface area contributed by atoms with E-state index in [0.29, 0.717) is 19.5 Å². The molecule has 1 aliphatic heterocycles. The number of rotatable bonds is 4. The van der Waals surface area contributed by atoms with Crippen LogP contribution in [-0.4, -0.2) is 41.5 Å². The lowest BCUT2D eigenvalue weighted by atomic mass is 10.1. The van der Waals surface area contributed by atoms with Crippen molar-refractivity contribution < 1.29 is 14.7 Å². The summed E-state index contributed by atoms with van der Waals surface area (Å²) in [5, 5.41) is 11.8. The number of carboxylic acid groups (broad SMARTS) is 1. The zero-order valence-electron chi connectivity index (χ0n) is 11.6. The number of halogens is 2. The minimum atomic E-state index is -0.776. The molecule has 0 bridgehead atoms.